The van der Waals surface area contributed by atoms with Crippen molar-refractivity contribution in [2.24, 2.45) is 7.05 Å². The van der Waals surface area contributed by atoms with Crippen molar-refractivity contribution in [2.75, 3.05) is 26.2 Å². The standard InChI is InChI=1S/C17H22FN3O2S/c1-14(15-3-5-16(18)6-4-15)20-9-11-21(12-10-20)24(22,23)17-7-8-19(2)13-17/h3-8,13-14H,9-12H2,1-2H3/t14-/m1/s1. The van der Waals surface area contributed by atoms with Crippen LogP contribution in [0.3, 0.4) is 0 Å². The second-order valence-electron chi connectivity index (χ2n) is 6.18. The molecule has 5 nitrogen and oxygen atoms in total. The van der Waals surface area contributed by atoms with Gasteiger partial charge in [0.25, 0.3) is 0 Å². The number of rotatable bonds is 4. The summed E-state index contributed by atoms with van der Waals surface area (Å²) in [6, 6.07) is 8.25. The highest BCUT2D eigenvalue weighted by atomic mass is 32.2. The first-order valence-corrected chi connectivity index (χ1v) is 9.43. The van der Waals surface area contributed by atoms with Gasteiger partial charge in [-0.3, -0.25) is 4.90 Å². The number of halogens is 1. The van der Waals surface area contributed by atoms with E-state index in [0.717, 1.165) is 5.56 Å². The van der Waals surface area contributed by atoms with Crippen molar-refractivity contribution in [1.82, 2.24) is 13.8 Å². The van der Waals surface area contributed by atoms with E-state index < -0.39 is 10.0 Å². The lowest BCUT2D eigenvalue weighted by molar-refractivity contribution is 0.146. The van der Waals surface area contributed by atoms with Gasteiger partial charge in [0.1, 0.15) is 5.82 Å². The molecule has 0 unspecified atom stereocenters. The molecule has 1 aromatic heterocycles. The first-order valence-electron chi connectivity index (χ1n) is 7.99. The van der Waals surface area contributed by atoms with Crippen molar-refractivity contribution in [3.8, 4) is 0 Å². The van der Waals surface area contributed by atoms with Crippen LogP contribution in [0, 0.1) is 5.82 Å². The van der Waals surface area contributed by atoms with Crippen molar-refractivity contribution < 1.29 is 12.8 Å². The lowest BCUT2D eigenvalue weighted by atomic mass is 10.1. The minimum atomic E-state index is -3.42. The van der Waals surface area contributed by atoms with E-state index in [1.54, 1.807) is 42.2 Å². The van der Waals surface area contributed by atoms with E-state index >= 15 is 0 Å². The molecule has 24 heavy (non-hydrogen) atoms. The van der Waals surface area contributed by atoms with Gasteiger partial charge in [-0.15, -0.1) is 0 Å². The molecule has 0 saturated carbocycles. The molecule has 0 amide bonds. The van der Waals surface area contributed by atoms with E-state index in [2.05, 4.69) is 11.8 Å². The van der Waals surface area contributed by atoms with Crippen LogP contribution in [-0.2, 0) is 17.1 Å². The van der Waals surface area contributed by atoms with Gasteiger partial charge < -0.3 is 4.57 Å². The molecule has 1 fully saturated rings. The Kier molecular flexibility index (Phi) is 4.76. The van der Waals surface area contributed by atoms with Crippen LogP contribution < -0.4 is 0 Å². The van der Waals surface area contributed by atoms with Gasteiger partial charge in [0, 0.05) is 51.7 Å². The summed E-state index contributed by atoms with van der Waals surface area (Å²) in [5, 5.41) is 0. The second kappa shape index (κ2) is 6.66. The lowest BCUT2D eigenvalue weighted by Gasteiger charge is -2.37. The summed E-state index contributed by atoms with van der Waals surface area (Å²) in [6.45, 7) is 4.30. The van der Waals surface area contributed by atoms with Crippen LogP contribution in [0.5, 0.6) is 0 Å². The molecule has 0 spiro atoms. The lowest BCUT2D eigenvalue weighted by Crippen LogP contribution is -2.49. The van der Waals surface area contributed by atoms with Crippen molar-refractivity contribution in [2.45, 2.75) is 17.9 Å². The van der Waals surface area contributed by atoms with Crippen molar-refractivity contribution in [3.63, 3.8) is 0 Å². The highest BCUT2D eigenvalue weighted by Crippen LogP contribution is 2.24. The molecule has 0 N–H and O–H groups in total. The third-order valence-electron chi connectivity index (χ3n) is 4.62. The van der Waals surface area contributed by atoms with E-state index in [1.807, 2.05) is 0 Å². The molecule has 2 aromatic rings. The monoisotopic (exact) mass is 351 g/mol. The molecule has 3 rings (SSSR count). The molecule has 0 radical (unpaired) electrons. The molecule has 0 bridgehead atoms. The fourth-order valence-corrected chi connectivity index (χ4v) is 4.54. The largest absolute Gasteiger partial charge is 0.356 e. The fraction of sp³-hybridized carbons (Fsp3) is 0.412. The van der Waals surface area contributed by atoms with Crippen LogP contribution >= 0.6 is 0 Å². The zero-order valence-electron chi connectivity index (χ0n) is 13.9. The summed E-state index contributed by atoms with van der Waals surface area (Å²) in [7, 11) is -1.62. The number of piperazine rings is 1. The number of aryl methyl sites for hydroxylation is 1. The van der Waals surface area contributed by atoms with Gasteiger partial charge in [-0.25, -0.2) is 12.8 Å². The number of aromatic nitrogens is 1. The number of hydrogen-bond donors (Lipinski definition) is 0. The molecule has 7 heteroatoms. The highest BCUT2D eigenvalue weighted by molar-refractivity contribution is 7.89. The number of hydrogen-bond acceptors (Lipinski definition) is 3. The maximum atomic E-state index is 13.0. The van der Waals surface area contributed by atoms with Crippen molar-refractivity contribution >= 4 is 10.0 Å². The Hall–Kier alpha value is -1.70. The van der Waals surface area contributed by atoms with Crippen LogP contribution in [0.25, 0.3) is 0 Å². The zero-order valence-corrected chi connectivity index (χ0v) is 14.7. The first-order chi connectivity index (χ1) is 11.4. The van der Waals surface area contributed by atoms with E-state index in [0.29, 0.717) is 31.1 Å². The van der Waals surface area contributed by atoms with Gasteiger partial charge in [0.15, 0.2) is 0 Å². The Labute approximate surface area is 142 Å². The summed E-state index contributed by atoms with van der Waals surface area (Å²) in [5.41, 5.74) is 1.04. The molecule has 1 aliphatic heterocycles. The fourth-order valence-electron chi connectivity index (χ4n) is 3.06. The normalized spacial score (nSPS) is 18.6. The van der Waals surface area contributed by atoms with Gasteiger partial charge in [0.2, 0.25) is 10.0 Å². The number of sulfonamides is 1. The van der Waals surface area contributed by atoms with Crippen LogP contribution in [0.2, 0.25) is 0 Å². The third kappa shape index (κ3) is 3.38. The molecule has 2 heterocycles. The zero-order chi connectivity index (χ0) is 17.3. The minimum absolute atomic E-state index is 0.132. The molecular weight excluding hydrogens is 329 g/mol. The SMILES string of the molecule is C[C@H](c1ccc(F)cc1)N1CCN(S(=O)(=O)c2ccn(C)c2)CC1. The summed E-state index contributed by atoms with van der Waals surface area (Å²) in [5.74, 6) is -0.246. The molecule has 130 valence electrons. The molecule has 1 atom stereocenters. The quantitative estimate of drug-likeness (QED) is 0.849. The van der Waals surface area contributed by atoms with Gasteiger partial charge >= 0.3 is 0 Å². The van der Waals surface area contributed by atoms with Gasteiger partial charge in [-0.2, -0.15) is 4.31 Å². The van der Waals surface area contributed by atoms with Crippen LogP contribution in [0.1, 0.15) is 18.5 Å². The van der Waals surface area contributed by atoms with Gasteiger partial charge in [-0.1, -0.05) is 12.1 Å². The van der Waals surface area contributed by atoms with E-state index in [9.17, 15) is 12.8 Å². The number of nitrogens with zero attached hydrogens (tertiary/aromatic N) is 3. The summed E-state index contributed by atoms with van der Waals surface area (Å²) < 4.78 is 41.6. The van der Waals surface area contributed by atoms with Crippen molar-refractivity contribution in [3.05, 3.63) is 54.1 Å². The molecule has 0 aliphatic carbocycles. The molecule has 1 saturated heterocycles. The predicted octanol–water partition coefficient (Wildman–Crippen LogP) is 2.23. The summed E-state index contributed by atoms with van der Waals surface area (Å²) >= 11 is 0. The predicted molar refractivity (Wildman–Crippen MR) is 90.6 cm³/mol. The highest BCUT2D eigenvalue weighted by Gasteiger charge is 2.30. The van der Waals surface area contributed by atoms with E-state index in [4.69, 9.17) is 0 Å². The molecular formula is C17H22FN3O2S. The van der Waals surface area contributed by atoms with Crippen LogP contribution in [-0.4, -0.2) is 48.4 Å². The Bertz CT molecular complexity index is 793. The Balaban J connectivity index is 1.66. The van der Waals surface area contributed by atoms with Gasteiger partial charge in [-0.05, 0) is 30.7 Å². The Morgan fingerprint density at radius 3 is 2.21 bits per heavy atom. The molecule has 1 aliphatic rings. The third-order valence-corrected chi connectivity index (χ3v) is 6.50. The topological polar surface area (TPSA) is 45.6 Å². The van der Waals surface area contributed by atoms with E-state index in [1.165, 1.54) is 16.4 Å². The average Bonchev–Trinajstić information content (AvgIpc) is 3.02. The molecule has 1 aromatic carbocycles. The minimum Gasteiger partial charge on any atom is -0.356 e. The van der Waals surface area contributed by atoms with Crippen LogP contribution in [0.4, 0.5) is 4.39 Å². The second-order valence-corrected chi connectivity index (χ2v) is 8.12. The maximum Gasteiger partial charge on any atom is 0.244 e. The summed E-state index contributed by atoms with van der Waals surface area (Å²) in [4.78, 5) is 2.56. The van der Waals surface area contributed by atoms with Gasteiger partial charge in [0.05, 0.1) is 4.90 Å². The Morgan fingerprint density at radius 1 is 1.04 bits per heavy atom. The smallest absolute Gasteiger partial charge is 0.244 e. The van der Waals surface area contributed by atoms with Crippen molar-refractivity contribution in [1.29, 1.82) is 0 Å². The first kappa shape index (κ1) is 17.1. The maximum absolute atomic E-state index is 13.0. The van der Waals surface area contributed by atoms with E-state index in [-0.39, 0.29) is 11.9 Å². The Morgan fingerprint density at radius 2 is 1.67 bits per heavy atom. The summed E-state index contributed by atoms with van der Waals surface area (Å²) in [6.07, 6.45) is 3.36. The number of benzene rings is 1. The average molecular weight is 351 g/mol. The van der Waals surface area contributed by atoms with Crippen LogP contribution in [0.15, 0.2) is 47.6 Å².